The van der Waals surface area contributed by atoms with E-state index in [1.165, 1.54) is 6.42 Å². The number of hydrogen-bond donors (Lipinski definition) is 2. The molecule has 0 aromatic rings. The average molecular weight is 171 g/mol. The van der Waals surface area contributed by atoms with Gasteiger partial charge in [0.15, 0.2) is 0 Å². The van der Waals surface area contributed by atoms with E-state index in [1.54, 1.807) is 6.92 Å². The summed E-state index contributed by atoms with van der Waals surface area (Å²) in [5.74, 6) is 0. The Balaban J connectivity index is 3.54. The maximum Gasteiger partial charge on any atom is 0.0636 e. The van der Waals surface area contributed by atoms with E-state index in [0.29, 0.717) is 12.6 Å². The summed E-state index contributed by atoms with van der Waals surface area (Å²) in [6, 6.07) is 0.488. The first-order valence-electron chi connectivity index (χ1n) is 4.73. The summed E-state index contributed by atoms with van der Waals surface area (Å²) in [5, 5.41) is 12.3. The molecule has 0 aromatic heterocycles. The highest BCUT2D eigenvalue weighted by atomic mass is 16.3. The zero-order valence-corrected chi connectivity index (χ0v) is 8.21. The predicted molar refractivity (Wildman–Crippen MR) is 53.2 cm³/mol. The summed E-state index contributed by atoms with van der Waals surface area (Å²) < 4.78 is 0. The van der Waals surface area contributed by atoms with Gasteiger partial charge < -0.3 is 10.4 Å². The van der Waals surface area contributed by atoms with E-state index < -0.39 is 0 Å². The molecule has 0 amide bonds. The van der Waals surface area contributed by atoms with Crippen LogP contribution < -0.4 is 5.32 Å². The van der Waals surface area contributed by atoms with Crippen molar-refractivity contribution in [2.45, 2.75) is 45.3 Å². The molecule has 0 heterocycles. The fourth-order valence-corrected chi connectivity index (χ4v) is 1.19. The molecule has 0 bridgehead atoms. The van der Waals surface area contributed by atoms with E-state index in [2.05, 4.69) is 18.8 Å². The van der Waals surface area contributed by atoms with Crippen LogP contribution in [0.4, 0.5) is 0 Å². The highest BCUT2D eigenvalue weighted by Gasteiger charge is 2.05. The molecule has 0 fully saturated rings. The molecule has 0 radical (unpaired) electrons. The van der Waals surface area contributed by atoms with Crippen LogP contribution in [0.3, 0.4) is 0 Å². The molecule has 2 nitrogen and oxygen atoms in total. The van der Waals surface area contributed by atoms with E-state index in [-0.39, 0.29) is 6.10 Å². The molecule has 2 unspecified atom stereocenters. The average Bonchev–Trinajstić information content (AvgIpc) is 2.01. The first-order valence-corrected chi connectivity index (χ1v) is 4.73. The summed E-state index contributed by atoms with van der Waals surface area (Å²) in [6.07, 6.45) is 4.98. The maximum absolute atomic E-state index is 9.05. The van der Waals surface area contributed by atoms with E-state index in [1.807, 2.05) is 6.08 Å². The SMILES string of the molecule is C=CCC(CCC)NCC(C)O. The van der Waals surface area contributed by atoms with Crippen molar-refractivity contribution in [3.63, 3.8) is 0 Å². The fourth-order valence-electron chi connectivity index (χ4n) is 1.19. The molecule has 12 heavy (non-hydrogen) atoms. The van der Waals surface area contributed by atoms with Gasteiger partial charge in [0.05, 0.1) is 6.10 Å². The largest absolute Gasteiger partial charge is 0.392 e. The van der Waals surface area contributed by atoms with Gasteiger partial charge in [0, 0.05) is 12.6 Å². The van der Waals surface area contributed by atoms with Gasteiger partial charge in [-0.15, -0.1) is 6.58 Å². The lowest BCUT2D eigenvalue weighted by Crippen LogP contribution is -2.34. The van der Waals surface area contributed by atoms with Crippen molar-refractivity contribution in [2.24, 2.45) is 0 Å². The zero-order chi connectivity index (χ0) is 9.40. The summed E-state index contributed by atoms with van der Waals surface area (Å²) >= 11 is 0. The molecule has 0 spiro atoms. The number of rotatable bonds is 7. The Labute approximate surface area is 75.7 Å². The van der Waals surface area contributed by atoms with Crippen LogP contribution in [0.2, 0.25) is 0 Å². The van der Waals surface area contributed by atoms with Gasteiger partial charge in [-0.05, 0) is 19.8 Å². The van der Waals surface area contributed by atoms with Crippen molar-refractivity contribution < 1.29 is 5.11 Å². The summed E-state index contributed by atoms with van der Waals surface area (Å²) in [4.78, 5) is 0. The van der Waals surface area contributed by atoms with Gasteiger partial charge in [-0.2, -0.15) is 0 Å². The van der Waals surface area contributed by atoms with Crippen LogP contribution in [0.5, 0.6) is 0 Å². The van der Waals surface area contributed by atoms with Crippen LogP contribution in [-0.4, -0.2) is 23.8 Å². The van der Waals surface area contributed by atoms with Gasteiger partial charge in [-0.1, -0.05) is 19.4 Å². The minimum atomic E-state index is -0.255. The first kappa shape index (κ1) is 11.7. The third kappa shape index (κ3) is 6.38. The summed E-state index contributed by atoms with van der Waals surface area (Å²) in [7, 11) is 0. The Bertz CT molecular complexity index is 112. The van der Waals surface area contributed by atoms with Gasteiger partial charge in [-0.25, -0.2) is 0 Å². The lowest BCUT2D eigenvalue weighted by atomic mass is 10.1. The van der Waals surface area contributed by atoms with E-state index in [4.69, 9.17) is 5.11 Å². The van der Waals surface area contributed by atoms with Gasteiger partial charge in [0.1, 0.15) is 0 Å². The van der Waals surface area contributed by atoms with Crippen molar-refractivity contribution in [3.05, 3.63) is 12.7 Å². The van der Waals surface area contributed by atoms with Crippen molar-refractivity contribution in [3.8, 4) is 0 Å². The van der Waals surface area contributed by atoms with Gasteiger partial charge >= 0.3 is 0 Å². The second-order valence-corrected chi connectivity index (χ2v) is 3.27. The van der Waals surface area contributed by atoms with E-state index >= 15 is 0 Å². The predicted octanol–water partition coefficient (Wildman–Crippen LogP) is 1.70. The minimum Gasteiger partial charge on any atom is -0.392 e. The Morgan fingerprint density at radius 1 is 1.58 bits per heavy atom. The molecule has 2 atom stereocenters. The van der Waals surface area contributed by atoms with E-state index in [9.17, 15) is 0 Å². The minimum absolute atomic E-state index is 0.255. The second-order valence-electron chi connectivity index (χ2n) is 3.27. The highest BCUT2D eigenvalue weighted by Crippen LogP contribution is 2.01. The van der Waals surface area contributed by atoms with E-state index in [0.717, 1.165) is 12.8 Å². The molecule has 0 aliphatic heterocycles. The third-order valence-corrected chi connectivity index (χ3v) is 1.79. The van der Waals surface area contributed by atoms with Crippen molar-refractivity contribution >= 4 is 0 Å². The van der Waals surface area contributed by atoms with Crippen molar-refractivity contribution in [2.75, 3.05) is 6.54 Å². The summed E-state index contributed by atoms with van der Waals surface area (Å²) in [6.45, 7) is 8.35. The fraction of sp³-hybridized carbons (Fsp3) is 0.800. The van der Waals surface area contributed by atoms with Crippen LogP contribution in [0.1, 0.15) is 33.1 Å². The number of hydrogen-bond acceptors (Lipinski definition) is 2. The third-order valence-electron chi connectivity index (χ3n) is 1.79. The highest BCUT2D eigenvalue weighted by molar-refractivity contribution is 4.78. The molecular formula is C10H21NO. The second kappa shape index (κ2) is 7.32. The van der Waals surface area contributed by atoms with Gasteiger partial charge in [0.25, 0.3) is 0 Å². The van der Waals surface area contributed by atoms with Crippen LogP contribution >= 0.6 is 0 Å². The Morgan fingerprint density at radius 3 is 2.67 bits per heavy atom. The van der Waals surface area contributed by atoms with Crippen LogP contribution in [-0.2, 0) is 0 Å². The quantitative estimate of drug-likeness (QED) is 0.571. The molecular weight excluding hydrogens is 150 g/mol. The van der Waals surface area contributed by atoms with Crippen LogP contribution in [0.15, 0.2) is 12.7 Å². The number of aliphatic hydroxyl groups excluding tert-OH is 1. The van der Waals surface area contributed by atoms with Gasteiger partial charge in [-0.3, -0.25) is 0 Å². The lowest BCUT2D eigenvalue weighted by molar-refractivity contribution is 0.185. The van der Waals surface area contributed by atoms with Gasteiger partial charge in [0.2, 0.25) is 0 Å². The van der Waals surface area contributed by atoms with Crippen molar-refractivity contribution in [1.82, 2.24) is 5.32 Å². The van der Waals surface area contributed by atoms with Crippen LogP contribution in [0, 0.1) is 0 Å². The molecule has 0 saturated carbocycles. The number of nitrogens with one attached hydrogen (secondary N) is 1. The lowest BCUT2D eigenvalue weighted by Gasteiger charge is -2.17. The Kier molecular flexibility index (Phi) is 7.11. The molecule has 0 aromatic carbocycles. The molecule has 0 aliphatic carbocycles. The smallest absolute Gasteiger partial charge is 0.0636 e. The first-order chi connectivity index (χ1) is 5.70. The standard InChI is InChI=1S/C10H21NO/c1-4-6-10(7-5-2)11-8-9(3)12/h4,9-12H,1,5-8H2,2-3H3. The Hall–Kier alpha value is -0.340. The maximum atomic E-state index is 9.05. The molecule has 0 saturated heterocycles. The molecule has 72 valence electrons. The normalized spacial score (nSPS) is 15.6. The monoisotopic (exact) mass is 171 g/mol. The van der Waals surface area contributed by atoms with Crippen molar-refractivity contribution in [1.29, 1.82) is 0 Å². The summed E-state index contributed by atoms with van der Waals surface area (Å²) in [5.41, 5.74) is 0. The number of aliphatic hydroxyl groups is 1. The molecule has 2 heteroatoms. The topological polar surface area (TPSA) is 32.3 Å². The molecule has 0 aliphatic rings. The molecule has 0 rings (SSSR count). The zero-order valence-electron chi connectivity index (χ0n) is 8.21. The molecule has 2 N–H and O–H groups in total. The van der Waals surface area contributed by atoms with Crippen LogP contribution in [0.25, 0.3) is 0 Å². The Morgan fingerprint density at radius 2 is 2.25 bits per heavy atom.